The Morgan fingerprint density at radius 3 is 2.33 bits per heavy atom. The van der Waals surface area contributed by atoms with Crippen molar-refractivity contribution in [3.05, 3.63) is 41.2 Å². The predicted octanol–water partition coefficient (Wildman–Crippen LogP) is 2.99. The number of anilines is 1. The van der Waals surface area contributed by atoms with Crippen LogP contribution >= 0.6 is 24.0 Å². The van der Waals surface area contributed by atoms with Crippen LogP contribution in [0.3, 0.4) is 0 Å². The molecule has 0 saturated carbocycles. The van der Waals surface area contributed by atoms with E-state index in [1.54, 1.807) is 7.11 Å². The van der Waals surface area contributed by atoms with Crippen molar-refractivity contribution in [1.29, 1.82) is 0 Å². The summed E-state index contributed by atoms with van der Waals surface area (Å²) < 4.78 is 7.22. The van der Waals surface area contributed by atoms with Crippen LogP contribution in [0.4, 0.5) is 5.69 Å². The highest BCUT2D eigenvalue weighted by Crippen LogP contribution is 2.20. The van der Waals surface area contributed by atoms with Crippen molar-refractivity contribution in [2.45, 2.75) is 27.2 Å². The minimum atomic E-state index is 0. The maximum Gasteiger partial charge on any atom is 0.194 e. The van der Waals surface area contributed by atoms with E-state index in [0.29, 0.717) is 0 Å². The lowest BCUT2D eigenvalue weighted by molar-refractivity contribution is 0.372. The van der Waals surface area contributed by atoms with Crippen LogP contribution in [0.5, 0.6) is 5.75 Å². The lowest BCUT2D eigenvalue weighted by atomic mass is 10.1. The molecule has 0 bridgehead atoms. The molecule has 1 saturated heterocycles. The van der Waals surface area contributed by atoms with Gasteiger partial charge in [-0.05, 0) is 57.0 Å². The second-order valence-corrected chi connectivity index (χ2v) is 7.43. The molecule has 2 aromatic rings. The number of benzene rings is 1. The SMILES string of the molecule is CCNC(=NCCc1c(C)nn(C)c1C)N1CCN(c2ccc(OC)cc2)CC1.I. The summed E-state index contributed by atoms with van der Waals surface area (Å²) in [5.41, 5.74) is 4.90. The fraction of sp³-hybridized carbons (Fsp3) is 0.545. The zero-order valence-electron chi connectivity index (χ0n) is 18.8. The van der Waals surface area contributed by atoms with Crippen molar-refractivity contribution in [3.63, 3.8) is 0 Å². The average Bonchev–Trinajstić information content (AvgIpc) is 2.99. The molecule has 1 N–H and O–H groups in total. The minimum absolute atomic E-state index is 0. The molecule has 0 unspecified atom stereocenters. The average molecular weight is 526 g/mol. The molecule has 1 aliphatic rings. The molecule has 0 radical (unpaired) electrons. The van der Waals surface area contributed by atoms with Crippen LogP contribution in [0.15, 0.2) is 29.3 Å². The van der Waals surface area contributed by atoms with Crippen molar-refractivity contribution >= 4 is 35.6 Å². The molecular weight excluding hydrogens is 491 g/mol. The van der Waals surface area contributed by atoms with Gasteiger partial charge in [-0.2, -0.15) is 5.10 Å². The predicted molar refractivity (Wildman–Crippen MR) is 135 cm³/mol. The molecule has 1 aromatic heterocycles. The monoisotopic (exact) mass is 526 g/mol. The largest absolute Gasteiger partial charge is 0.497 e. The van der Waals surface area contributed by atoms with Gasteiger partial charge < -0.3 is 19.9 Å². The molecule has 0 spiro atoms. The topological polar surface area (TPSA) is 57.9 Å². The molecule has 2 heterocycles. The van der Waals surface area contributed by atoms with Crippen molar-refractivity contribution in [2.75, 3.05) is 51.3 Å². The molecule has 0 atom stereocenters. The van der Waals surface area contributed by atoms with Gasteiger partial charge in [0.25, 0.3) is 0 Å². The Kier molecular flexibility index (Phi) is 9.26. The number of hydrogen-bond acceptors (Lipinski definition) is 4. The minimum Gasteiger partial charge on any atom is -0.497 e. The van der Waals surface area contributed by atoms with Gasteiger partial charge in [0.2, 0.25) is 0 Å². The Balaban J connectivity index is 0.00000320. The summed E-state index contributed by atoms with van der Waals surface area (Å²) in [5.74, 6) is 1.91. The fourth-order valence-electron chi connectivity index (χ4n) is 3.85. The van der Waals surface area contributed by atoms with Gasteiger partial charge in [-0.3, -0.25) is 9.67 Å². The van der Waals surface area contributed by atoms with Crippen molar-refractivity contribution < 1.29 is 4.74 Å². The van der Waals surface area contributed by atoms with Crippen LogP contribution in [0.1, 0.15) is 23.9 Å². The Labute approximate surface area is 197 Å². The first-order valence-corrected chi connectivity index (χ1v) is 10.4. The van der Waals surface area contributed by atoms with E-state index in [2.05, 4.69) is 53.1 Å². The van der Waals surface area contributed by atoms with Crippen molar-refractivity contribution in [1.82, 2.24) is 20.0 Å². The Hall–Kier alpha value is -1.97. The molecule has 1 aromatic carbocycles. The van der Waals surface area contributed by atoms with Crippen LogP contribution in [-0.4, -0.2) is 67.0 Å². The number of rotatable bonds is 6. The number of piperazine rings is 1. The number of methoxy groups -OCH3 is 1. The zero-order valence-corrected chi connectivity index (χ0v) is 21.1. The number of guanidine groups is 1. The van der Waals surface area contributed by atoms with Crippen LogP contribution in [-0.2, 0) is 13.5 Å². The number of halogens is 1. The standard InChI is InChI=1S/C22H34N6O.HI/c1-6-23-22(24-12-11-21-17(2)25-26(4)18(21)3)28-15-13-27(14-16-28)19-7-9-20(29-5)10-8-19;/h7-10H,6,11-16H2,1-5H3,(H,23,24);1H. The highest BCUT2D eigenvalue weighted by atomic mass is 127. The number of nitrogens with zero attached hydrogens (tertiary/aromatic N) is 5. The number of nitrogens with one attached hydrogen (secondary N) is 1. The first-order valence-electron chi connectivity index (χ1n) is 10.4. The molecular formula is C22H35IN6O. The Morgan fingerprint density at radius 2 is 1.80 bits per heavy atom. The van der Waals surface area contributed by atoms with E-state index in [0.717, 1.165) is 63.1 Å². The third-order valence-corrected chi connectivity index (χ3v) is 5.63. The fourth-order valence-corrected chi connectivity index (χ4v) is 3.85. The van der Waals surface area contributed by atoms with Crippen molar-refractivity contribution in [2.24, 2.45) is 12.0 Å². The molecule has 3 rings (SSSR count). The Morgan fingerprint density at radius 1 is 1.13 bits per heavy atom. The van der Waals surface area contributed by atoms with Crippen LogP contribution in [0, 0.1) is 13.8 Å². The van der Waals surface area contributed by atoms with E-state index in [9.17, 15) is 0 Å². The lowest BCUT2D eigenvalue weighted by Gasteiger charge is -2.37. The summed E-state index contributed by atoms with van der Waals surface area (Å²) >= 11 is 0. The van der Waals surface area contributed by atoms with Gasteiger partial charge in [-0.15, -0.1) is 24.0 Å². The third-order valence-electron chi connectivity index (χ3n) is 5.63. The van der Waals surface area contributed by atoms with Gasteiger partial charge in [0.1, 0.15) is 5.75 Å². The molecule has 166 valence electrons. The molecule has 0 amide bonds. The van der Waals surface area contributed by atoms with E-state index in [-0.39, 0.29) is 24.0 Å². The maximum atomic E-state index is 5.26. The summed E-state index contributed by atoms with van der Waals surface area (Å²) in [6, 6.07) is 8.31. The summed E-state index contributed by atoms with van der Waals surface area (Å²) in [4.78, 5) is 9.69. The number of ether oxygens (including phenoxy) is 1. The number of hydrogen-bond donors (Lipinski definition) is 1. The van der Waals surface area contributed by atoms with E-state index in [4.69, 9.17) is 9.73 Å². The molecule has 30 heavy (non-hydrogen) atoms. The van der Waals surface area contributed by atoms with E-state index >= 15 is 0 Å². The van der Waals surface area contributed by atoms with Gasteiger partial charge in [0.15, 0.2) is 5.96 Å². The quantitative estimate of drug-likeness (QED) is 0.357. The molecule has 0 aliphatic carbocycles. The molecule has 8 heteroatoms. The summed E-state index contributed by atoms with van der Waals surface area (Å²) in [6.45, 7) is 11.9. The highest BCUT2D eigenvalue weighted by molar-refractivity contribution is 14.0. The first-order chi connectivity index (χ1) is 14.0. The number of aromatic nitrogens is 2. The third kappa shape index (κ3) is 5.80. The van der Waals surface area contributed by atoms with Crippen LogP contribution in [0.25, 0.3) is 0 Å². The highest BCUT2D eigenvalue weighted by Gasteiger charge is 2.20. The van der Waals surface area contributed by atoms with Gasteiger partial charge in [-0.25, -0.2) is 0 Å². The molecule has 7 nitrogen and oxygen atoms in total. The second kappa shape index (κ2) is 11.4. The maximum absolute atomic E-state index is 5.26. The molecule has 1 aliphatic heterocycles. The molecule has 1 fully saturated rings. The van der Waals surface area contributed by atoms with E-state index in [1.807, 2.05) is 23.9 Å². The van der Waals surface area contributed by atoms with Gasteiger partial charge in [0, 0.05) is 57.7 Å². The van der Waals surface area contributed by atoms with Gasteiger partial charge in [-0.1, -0.05) is 0 Å². The van der Waals surface area contributed by atoms with Gasteiger partial charge in [0.05, 0.1) is 12.8 Å². The van der Waals surface area contributed by atoms with Gasteiger partial charge >= 0.3 is 0 Å². The normalized spacial score (nSPS) is 14.5. The number of aliphatic imine (C=N–C) groups is 1. The van der Waals surface area contributed by atoms with Crippen LogP contribution in [0.2, 0.25) is 0 Å². The Bertz CT molecular complexity index is 825. The number of aryl methyl sites for hydroxylation is 2. The van der Waals surface area contributed by atoms with Crippen LogP contribution < -0.4 is 15.0 Å². The summed E-state index contributed by atoms with van der Waals surface area (Å²) in [5, 5.41) is 7.97. The summed E-state index contributed by atoms with van der Waals surface area (Å²) in [6.07, 6.45) is 0.923. The van der Waals surface area contributed by atoms with E-state index in [1.165, 1.54) is 16.9 Å². The van der Waals surface area contributed by atoms with E-state index < -0.39 is 0 Å². The zero-order chi connectivity index (χ0) is 20.8. The lowest BCUT2D eigenvalue weighted by Crippen LogP contribution is -2.52. The first kappa shape index (κ1) is 24.3. The van der Waals surface area contributed by atoms with Crippen molar-refractivity contribution in [3.8, 4) is 5.75 Å². The second-order valence-electron chi connectivity index (χ2n) is 7.43. The smallest absolute Gasteiger partial charge is 0.194 e. The summed E-state index contributed by atoms with van der Waals surface area (Å²) in [7, 11) is 3.70.